The van der Waals surface area contributed by atoms with Gasteiger partial charge < -0.3 is 4.74 Å². The van der Waals surface area contributed by atoms with Crippen molar-refractivity contribution in [1.29, 1.82) is 5.26 Å². The van der Waals surface area contributed by atoms with E-state index in [1.807, 2.05) is 37.3 Å². The zero-order valence-corrected chi connectivity index (χ0v) is 12.0. The first-order valence-corrected chi connectivity index (χ1v) is 6.82. The molecule has 0 fully saturated rings. The minimum atomic E-state index is -0.337. The van der Waals surface area contributed by atoms with Crippen molar-refractivity contribution < 1.29 is 9.53 Å². The quantitative estimate of drug-likeness (QED) is 0.804. The van der Waals surface area contributed by atoms with E-state index in [1.54, 1.807) is 23.9 Å². The summed E-state index contributed by atoms with van der Waals surface area (Å²) in [6, 6.07) is 15.1. The second-order valence-electron chi connectivity index (χ2n) is 4.21. The lowest BCUT2D eigenvalue weighted by Crippen LogP contribution is -2.00. The van der Waals surface area contributed by atoms with Crippen LogP contribution in [0.5, 0.6) is 0 Å². The number of hydrogen-bond donors (Lipinski definition) is 0. The van der Waals surface area contributed by atoms with E-state index < -0.39 is 0 Å². The summed E-state index contributed by atoms with van der Waals surface area (Å²) in [7, 11) is 1.37. The Hall–Kier alpha value is -2.25. The predicted octanol–water partition coefficient (Wildman–Crippen LogP) is 3.80. The summed E-state index contributed by atoms with van der Waals surface area (Å²) in [6.45, 7) is 1.92. The van der Waals surface area contributed by atoms with Crippen molar-refractivity contribution in [1.82, 2.24) is 0 Å². The average molecular weight is 283 g/mol. The molecule has 0 unspecified atom stereocenters. The van der Waals surface area contributed by atoms with Crippen molar-refractivity contribution >= 4 is 17.7 Å². The Morgan fingerprint density at radius 3 is 2.35 bits per heavy atom. The van der Waals surface area contributed by atoms with E-state index in [0.29, 0.717) is 11.1 Å². The molecule has 0 saturated heterocycles. The Labute approximate surface area is 122 Å². The summed E-state index contributed by atoms with van der Waals surface area (Å²) < 4.78 is 4.66. The van der Waals surface area contributed by atoms with E-state index >= 15 is 0 Å². The summed E-state index contributed by atoms with van der Waals surface area (Å²) in [5.41, 5.74) is 2.19. The van der Waals surface area contributed by atoms with Crippen LogP contribution in [0.4, 0.5) is 0 Å². The first-order chi connectivity index (χ1) is 9.63. The van der Waals surface area contributed by atoms with Crippen molar-refractivity contribution in [2.24, 2.45) is 0 Å². The molecule has 100 valence electrons. The normalized spacial score (nSPS) is 9.85. The fourth-order valence-corrected chi connectivity index (χ4v) is 2.65. The highest BCUT2D eigenvalue weighted by atomic mass is 32.2. The third-order valence-electron chi connectivity index (χ3n) is 2.83. The average Bonchev–Trinajstić information content (AvgIpc) is 2.47. The molecule has 0 spiro atoms. The summed E-state index contributed by atoms with van der Waals surface area (Å²) in [5, 5.41) is 8.90. The molecule has 2 aromatic carbocycles. The van der Waals surface area contributed by atoms with Gasteiger partial charge in [0.2, 0.25) is 0 Å². The first-order valence-electron chi connectivity index (χ1n) is 6.01. The Morgan fingerprint density at radius 1 is 1.15 bits per heavy atom. The third-order valence-corrected chi connectivity index (χ3v) is 3.83. The molecule has 0 heterocycles. The van der Waals surface area contributed by atoms with Gasteiger partial charge in [0.1, 0.15) is 0 Å². The monoisotopic (exact) mass is 283 g/mol. The number of benzene rings is 2. The molecule has 0 amide bonds. The van der Waals surface area contributed by atoms with E-state index in [9.17, 15) is 4.79 Å². The number of nitriles is 1. The van der Waals surface area contributed by atoms with Gasteiger partial charge in [-0.1, -0.05) is 11.8 Å². The lowest BCUT2D eigenvalue weighted by atomic mass is 10.1. The van der Waals surface area contributed by atoms with Gasteiger partial charge in [-0.2, -0.15) is 5.26 Å². The molecule has 20 heavy (non-hydrogen) atoms. The zero-order valence-electron chi connectivity index (χ0n) is 11.2. The van der Waals surface area contributed by atoms with Crippen LogP contribution in [0.15, 0.2) is 52.3 Å². The molecule has 4 heteroatoms. The highest BCUT2D eigenvalue weighted by Gasteiger charge is 2.05. The number of carbonyl (C=O) groups is 1. The molecule has 0 saturated carbocycles. The maximum Gasteiger partial charge on any atom is 0.337 e. The van der Waals surface area contributed by atoms with E-state index in [-0.39, 0.29) is 5.97 Å². The van der Waals surface area contributed by atoms with Crippen molar-refractivity contribution in [3.63, 3.8) is 0 Å². The number of carbonyl (C=O) groups excluding carboxylic acids is 1. The molecule has 0 aliphatic rings. The second-order valence-corrected chi connectivity index (χ2v) is 5.35. The molecule has 0 radical (unpaired) electrons. The van der Waals surface area contributed by atoms with Gasteiger partial charge in [0.15, 0.2) is 0 Å². The van der Waals surface area contributed by atoms with Gasteiger partial charge in [-0.25, -0.2) is 4.79 Å². The Bertz CT molecular complexity index is 672. The summed E-state index contributed by atoms with van der Waals surface area (Å²) >= 11 is 1.59. The molecule has 2 aromatic rings. The number of nitrogens with zero attached hydrogens (tertiary/aromatic N) is 1. The van der Waals surface area contributed by atoms with E-state index in [0.717, 1.165) is 15.4 Å². The number of ether oxygens (including phenoxy) is 1. The van der Waals surface area contributed by atoms with Gasteiger partial charge in [-0.15, -0.1) is 0 Å². The topological polar surface area (TPSA) is 50.1 Å². The summed E-state index contributed by atoms with van der Waals surface area (Å²) in [4.78, 5) is 13.4. The zero-order chi connectivity index (χ0) is 14.5. The van der Waals surface area contributed by atoms with Crippen LogP contribution in [0.2, 0.25) is 0 Å². The van der Waals surface area contributed by atoms with Crippen molar-refractivity contribution in [2.75, 3.05) is 7.11 Å². The minimum Gasteiger partial charge on any atom is -0.465 e. The lowest BCUT2D eigenvalue weighted by Gasteiger charge is -2.05. The highest BCUT2D eigenvalue weighted by Crippen LogP contribution is 2.29. The lowest BCUT2D eigenvalue weighted by molar-refractivity contribution is 0.0600. The SMILES string of the molecule is COC(=O)c1ccc(Sc2ccc(C#N)c(C)c2)cc1. The summed E-state index contributed by atoms with van der Waals surface area (Å²) in [5.74, 6) is -0.337. The van der Waals surface area contributed by atoms with Crippen LogP contribution in [0.25, 0.3) is 0 Å². The summed E-state index contributed by atoms with van der Waals surface area (Å²) in [6.07, 6.45) is 0. The van der Waals surface area contributed by atoms with Gasteiger partial charge in [0.25, 0.3) is 0 Å². The number of rotatable bonds is 3. The molecule has 0 aromatic heterocycles. The standard InChI is InChI=1S/C16H13NO2S/c1-11-9-15(8-5-13(11)10-17)20-14-6-3-12(4-7-14)16(18)19-2/h3-9H,1-2H3. The van der Waals surface area contributed by atoms with Crippen LogP contribution in [0, 0.1) is 18.3 Å². The predicted molar refractivity (Wildman–Crippen MR) is 77.8 cm³/mol. The first kappa shape index (κ1) is 14.2. The Kier molecular flexibility index (Phi) is 4.44. The fourth-order valence-electron chi connectivity index (χ4n) is 1.74. The molecule has 3 nitrogen and oxygen atoms in total. The van der Waals surface area contributed by atoms with Crippen molar-refractivity contribution in [2.45, 2.75) is 16.7 Å². The van der Waals surface area contributed by atoms with E-state index in [2.05, 4.69) is 10.8 Å². The van der Waals surface area contributed by atoms with Crippen LogP contribution in [0.3, 0.4) is 0 Å². The van der Waals surface area contributed by atoms with Crippen LogP contribution < -0.4 is 0 Å². The maximum absolute atomic E-state index is 11.3. The number of aryl methyl sites for hydroxylation is 1. The maximum atomic E-state index is 11.3. The number of hydrogen-bond acceptors (Lipinski definition) is 4. The van der Waals surface area contributed by atoms with Crippen molar-refractivity contribution in [3.05, 3.63) is 59.2 Å². The minimum absolute atomic E-state index is 0.337. The van der Waals surface area contributed by atoms with Gasteiger partial charge >= 0.3 is 5.97 Å². The molecular formula is C16H13NO2S. The molecule has 0 N–H and O–H groups in total. The number of methoxy groups -OCH3 is 1. The van der Waals surface area contributed by atoms with Crippen LogP contribution in [-0.2, 0) is 4.74 Å². The molecule has 2 rings (SSSR count). The molecule has 0 atom stereocenters. The smallest absolute Gasteiger partial charge is 0.337 e. The van der Waals surface area contributed by atoms with Crippen LogP contribution >= 0.6 is 11.8 Å². The van der Waals surface area contributed by atoms with Gasteiger partial charge in [0, 0.05) is 9.79 Å². The van der Waals surface area contributed by atoms with E-state index in [1.165, 1.54) is 7.11 Å². The molecule has 0 bridgehead atoms. The van der Waals surface area contributed by atoms with Gasteiger partial charge in [0.05, 0.1) is 24.3 Å². The van der Waals surface area contributed by atoms with E-state index in [4.69, 9.17) is 5.26 Å². The Morgan fingerprint density at radius 2 is 1.80 bits per heavy atom. The largest absolute Gasteiger partial charge is 0.465 e. The second kappa shape index (κ2) is 6.27. The molecule has 0 aliphatic heterocycles. The Balaban J connectivity index is 2.16. The van der Waals surface area contributed by atoms with Gasteiger partial charge in [-0.05, 0) is 55.0 Å². The fraction of sp³-hybridized carbons (Fsp3) is 0.125. The third kappa shape index (κ3) is 3.19. The number of esters is 1. The van der Waals surface area contributed by atoms with Gasteiger partial charge in [-0.3, -0.25) is 0 Å². The van der Waals surface area contributed by atoms with Crippen molar-refractivity contribution in [3.8, 4) is 6.07 Å². The molecule has 0 aliphatic carbocycles. The highest BCUT2D eigenvalue weighted by molar-refractivity contribution is 7.99. The molecular weight excluding hydrogens is 270 g/mol. The van der Waals surface area contributed by atoms with Crippen LogP contribution in [-0.4, -0.2) is 13.1 Å². The van der Waals surface area contributed by atoms with Crippen LogP contribution in [0.1, 0.15) is 21.5 Å².